The predicted octanol–water partition coefficient (Wildman–Crippen LogP) is 4.19. The summed E-state index contributed by atoms with van der Waals surface area (Å²) in [4.78, 5) is 57.9. The summed E-state index contributed by atoms with van der Waals surface area (Å²) in [7, 11) is -3.65. The van der Waals surface area contributed by atoms with E-state index in [9.17, 15) is 29.6 Å². The van der Waals surface area contributed by atoms with Crippen molar-refractivity contribution in [3.05, 3.63) is 99.1 Å². The molecular weight excluding hydrogens is 674 g/mol. The fraction of sp³-hybridized carbons (Fsp3) is 0.432. The van der Waals surface area contributed by atoms with Crippen molar-refractivity contribution in [3.8, 4) is 0 Å². The van der Waals surface area contributed by atoms with Crippen LogP contribution in [0.4, 0.5) is 21.2 Å². The maximum atomic E-state index is 16.5. The molecule has 0 aromatic heterocycles. The van der Waals surface area contributed by atoms with Gasteiger partial charge in [0, 0.05) is 54.5 Å². The topological polar surface area (TPSA) is 146 Å². The number of ether oxygens (including phenoxy) is 1. The van der Waals surface area contributed by atoms with Crippen LogP contribution >= 0.6 is 0 Å². The Morgan fingerprint density at radius 1 is 1.12 bits per heavy atom. The van der Waals surface area contributed by atoms with Gasteiger partial charge < -0.3 is 34.0 Å². The van der Waals surface area contributed by atoms with Crippen LogP contribution in [-0.4, -0.2) is 79.4 Å². The lowest BCUT2D eigenvalue weighted by molar-refractivity contribution is -0.385. The summed E-state index contributed by atoms with van der Waals surface area (Å²) in [6.45, 7) is 6.32. The molecule has 7 rings (SSSR count). The van der Waals surface area contributed by atoms with Gasteiger partial charge in [-0.15, -0.1) is 0 Å². The Bertz CT molecular complexity index is 1900. The van der Waals surface area contributed by atoms with Crippen molar-refractivity contribution in [2.75, 3.05) is 36.0 Å². The zero-order valence-corrected chi connectivity index (χ0v) is 29.9. The number of benzene rings is 3. The number of aliphatic hydroxyl groups excluding tert-OH is 1. The molecular formula is C37H42FN5O7Si. The van der Waals surface area contributed by atoms with E-state index in [0.717, 1.165) is 16.7 Å². The summed E-state index contributed by atoms with van der Waals surface area (Å²) in [5.41, 5.74) is 1.33. The summed E-state index contributed by atoms with van der Waals surface area (Å²) < 4.78 is 23.2. The van der Waals surface area contributed by atoms with E-state index in [2.05, 4.69) is 5.32 Å². The quantitative estimate of drug-likeness (QED) is 0.153. The van der Waals surface area contributed by atoms with Gasteiger partial charge in [0.2, 0.25) is 20.2 Å². The molecule has 2 fully saturated rings. The van der Waals surface area contributed by atoms with Gasteiger partial charge in [-0.05, 0) is 54.4 Å². The van der Waals surface area contributed by atoms with Gasteiger partial charge >= 0.3 is 0 Å². The lowest BCUT2D eigenvalue weighted by Crippen LogP contribution is -2.48. The van der Waals surface area contributed by atoms with Crippen LogP contribution in [0.3, 0.4) is 0 Å². The molecule has 5 atom stereocenters. The molecule has 14 heteroatoms. The number of piperazine rings is 1. The first-order valence-corrected chi connectivity index (χ1v) is 20.3. The van der Waals surface area contributed by atoms with E-state index in [1.165, 1.54) is 36.2 Å². The first-order valence-electron chi connectivity index (χ1n) is 17.4. The minimum absolute atomic E-state index is 0.0656. The van der Waals surface area contributed by atoms with E-state index in [0.29, 0.717) is 30.9 Å². The van der Waals surface area contributed by atoms with Gasteiger partial charge in [-0.3, -0.25) is 24.5 Å². The van der Waals surface area contributed by atoms with Gasteiger partial charge in [-0.1, -0.05) is 43.3 Å². The Hall–Kier alpha value is -4.50. The Morgan fingerprint density at radius 2 is 1.88 bits per heavy atom. The molecule has 4 aliphatic rings. The molecule has 0 aliphatic carbocycles. The summed E-state index contributed by atoms with van der Waals surface area (Å²) in [6.07, 6.45) is -0.728. The number of carbonyl (C=O) groups excluding carboxylic acids is 3. The molecule has 2 saturated heterocycles. The second-order valence-electron chi connectivity index (χ2n) is 14.5. The molecule has 3 aromatic rings. The highest BCUT2D eigenvalue weighted by Crippen LogP contribution is 2.60. The summed E-state index contributed by atoms with van der Waals surface area (Å²) >= 11 is 0. The Kier molecular flexibility index (Phi) is 9.06. The third-order valence-corrected chi connectivity index (χ3v) is 13.5. The second kappa shape index (κ2) is 13.2. The molecule has 0 radical (unpaired) electrons. The summed E-state index contributed by atoms with van der Waals surface area (Å²) in [5.74, 6) is -1.63. The minimum atomic E-state index is -3.65. The SMILES string of the molecule is C[C@@H]1[C@@H]([Si](C)(C)F)[C@H](CC(=O)N2Cc3ccccc3C[C@H]2CO)O[C@@]12C(=O)N(Cc1cccc(N3CCNCC3=O)c1)c1ccc([N+](=O)[O-])cc12. The third-order valence-electron chi connectivity index (χ3n) is 11.1. The maximum Gasteiger partial charge on any atom is 0.269 e. The standard InChI is InChI=1S/C37H42FN5O7Si/c1-23-35(51(2,3)38)32(18-33(45)41-21-26-9-5-4-8-25(26)16-29(41)22-44)50-37(23)30-17-28(43(48)49)11-12-31(30)42(36(37)47)20-24-7-6-10-27(15-24)40-14-13-39-19-34(40)46/h4-12,15,17,23,29,32,35,39,44H,13-14,16,18-22H2,1-3H3/t23-,29+,32+,35-,37+/m1/s1. The fourth-order valence-electron chi connectivity index (χ4n) is 8.72. The highest BCUT2D eigenvalue weighted by Gasteiger charge is 2.67. The van der Waals surface area contributed by atoms with Crippen molar-refractivity contribution >= 4 is 43.2 Å². The van der Waals surface area contributed by atoms with Crippen molar-refractivity contribution in [2.45, 2.75) is 69.2 Å². The average Bonchev–Trinajstić information content (AvgIpc) is 3.53. The molecule has 4 heterocycles. The van der Waals surface area contributed by atoms with Crippen LogP contribution in [0.25, 0.3) is 0 Å². The molecule has 0 saturated carbocycles. The highest BCUT2D eigenvalue weighted by molar-refractivity contribution is 6.72. The molecule has 1 spiro atoms. The number of hydrogen-bond donors (Lipinski definition) is 2. The number of nitrogens with zero attached hydrogens (tertiary/aromatic N) is 4. The van der Waals surface area contributed by atoms with Gasteiger partial charge in [0.15, 0.2) is 5.60 Å². The fourth-order valence-corrected chi connectivity index (χ4v) is 11.2. The number of carbonyl (C=O) groups is 3. The first kappa shape index (κ1) is 34.9. The number of nitrogens with one attached hydrogen (secondary N) is 1. The van der Waals surface area contributed by atoms with Gasteiger partial charge in [-0.25, -0.2) is 0 Å². The monoisotopic (exact) mass is 715 g/mol. The second-order valence-corrected chi connectivity index (χ2v) is 18.3. The van der Waals surface area contributed by atoms with Crippen LogP contribution in [0.5, 0.6) is 0 Å². The van der Waals surface area contributed by atoms with E-state index in [1.54, 1.807) is 16.7 Å². The number of non-ortho nitro benzene ring substituents is 1. The van der Waals surface area contributed by atoms with Crippen molar-refractivity contribution in [1.29, 1.82) is 0 Å². The number of nitro benzene ring substituents is 1. The van der Waals surface area contributed by atoms with E-state index in [-0.39, 0.29) is 55.7 Å². The largest absolute Gasteiger partial charge is 0.394 e. The first-order chi connectivity index (χ1) is 24.3. The lowest BCUT2D eigenvalue weighted by atomic mass is 9.82. The van der Waals surface area contributed by atoms with E-state index < -0.39 is 48.4 Å². The van der Waals surface area contributed by atoms with Crippen molar-refractivity contribution in [1.82, 2.24) is 10.2 Å². The van der Waals surface area contributed by atoms with Crippen LogP contribution in [0.1, 0.15) is 35.6 Å². The van der Waals surface area contributed by atoms with Gasteiger partial charge in [0.25, 0.3) is 11.6 Å². The van der Waals surface area contributed by atoms with E-state index in [4.69, 9.17) is 4.74 Å². The van der Waals surface area contributed by atoms with Crippen molar-refractivity contribution in [2.24, 2.45) is 5.92 Å². The summed E-state index contributed by atoms with van der Waals surface area (Å²) in [6, 6.07) is 18.8. The predicted molar refractivity (Wildman–Crippen MR) is 190 cm³/mol. The summed E-state index contributed by atoms with van der Waals surface area (Å²) in [5, 5.41) is 25.3. The molecule has 0 bridgehead atoms. The number of anilines is 2. The van der Waals surface area contributed by atoms with Crippen LogP contribution in [0.15, 0.2) is 66.7 Å². The number of rotatable bonds is 8. The Morgan fingerprint density at radius 3 is 2.59 bits per heavy atom. The zero-order valence-electron chi connectivity index (χ0n) is 28.9. The van der Waals surface area contributed by atoms with Crippen LogP contribution in [-0.2, 0) is 44.2 Å². The molecule has 51 heavy (non-hydrogen) atoms. The normalized spacial score (nSPS) is 26.1. The molecule has 0 unspecified atom stereocenters. The highest BCUT2D eigenvalue weighted by atomic mass is 28.4. The number of aliphatic hydroxyl groups is 1. The lowest BCUT2D eigenvalue weighted by Gasteiger charge is -2.37. The molecule has 3 amide bonds. The van der Waals surface area contributed by atoms with E-state index in [1.807, 2.05) is 48.5 Å². The number of fused-ring (bicyclic) bond motifs is 3. The van der Waals surface area contributed by atoms with E-state index >= 15 is 4.11 Å². The number of amides is 3. The Labute approximate surface area is 296 Å². The Balaban J connectivity index is 1.24. The van der Waals surface area contributed by atoms with Gasteiger partial charge in [0.1, 0.15) is 0 Å². The maximum absolute atomic E-state index is 16.5. The van der Waals surface area contributed by atoms with Gasteiger partial charge in [-0.2, -0.15) is 0 Å². The van der Waals surface area contributed by atoms with Gasteiger partial charge in [0.05, 0.1) is 48.9 Å². The number of nitro groups is 1. The molecule has 2 N–H and O–H groups in total. The third kappa shape index (κ3) is 6.03. The minimum Gasteiger partial charge on any atom is -0.394 e. The molecule has 12 nitrogen and oxygen atoms in total. The molecule has 3 aromatic carbocycles. The molecule has 4 aliphatic heterocycles. The average molecular weight is 716 g/mol. The number of hydrogen-bond acceptors (Lipinski definition) is 8. The zero-order chi connectivity index (χ0) is 36.2. The van der Waals surface area contributed by atoms with Crippen LogP contribution < -0.4 is 15.1 Å². The number of halogens is 1. The van der Waals surface area contributed by atoms with Crippen LogP contribution in [0.2, 0.25) is 18.6 Å². The molecule has 268 valence electrons. The van der Waals surface area contributed by atoms with Crippen molar-refractivity contribution < 1.29 is 33.3 Å². The van der Waals surface area contributed by atoms with Crippen molar-refractivity contribution in [3.63, 3.8) is 0 Å². The smallest absolute Gasteiger partial charge is 0.269 e. The van der Waals surface area contributed by atoms with Crippen LogP contribution in [0, 0.1) is 16.0 Å².